The van der Waals surface area contributed by atoms with E-state index in [0.29, 0.717) is 29.3 Å². The van der Waals surface area contributed by atoms with Crippen molar-refractivity contribution < 1.29 is 8.42 Å². The predicted octanol–water partition coefficient (Wildman–Crippen LogP) is 2.67. The van der Waals surface area contributed by atoms with Gasteiger partial charge in [0.2, 0.25) is 0 Å². The Kier molecular flexibility index (Phi) is 5.23. The molecule has 1 aromatic rings. The van der Waals surface area contributed by atoms with E-state index >= 15 is 0 Å². The van der Waals surface area contributed by atoms with E-state index in [1.807, 2.05) is 11.4 Å². The lowest BCUT2D eigenvalue weighted by molar-refractivity contribution is 0.281. The third kappa shape index (κ3) is 3.81. The second kappa shape index (κ2) is 6.56. The first-order chi connectivity index (χ1) is 9.39. The zero-order chi connectivity index (χ0) is 14.8. The van der Waals surface area contributed by atoms with Gasteiger partial charge in [0.25, 0.3) is 10.0 Å². The molecule has 1 aliphatic heterocycles. The van der Waals surface area contributed by atoms with Crippen molar-refractivity contribution >= 4 is 21.4 Å². The molecule has 4 nitrogen and oxygen atoms in total. The Hall–Kier alpha value is -0.430. The Labute approximate surface area is 126 Å². The summed E-state index contributed by atoms with van der Waals surface area (Å²) in [6.45, 7) is 8.32. The standard InChI is InChI=1S/C14H24N2O2S2/c1-11(2)15-8-13-7-14(19-10-13)20(17,18)16-6-4-5-12(3)9-16/h7,10-12,15H,4-6,8-9H2,1-3H3. The maximum Gasteiger partial charge on any atom is 0.252 e. The molecule has 0 saturated carbocycles. The highest BCUT2D eigenvalue weighted by Crippen LogP contribution is 2.27. The first-order valence-corrected chi connectivity index (χ1v) is 9.52. The molecule has 6 heteroatoms. The Balaban J connectivity index is 2.09. The maximum atomic E-state index is 12.6. The number of rotatable bonds is 5. The van der Waals surface area contributed by atoms with Crippen LogP contribution in [0.3, 0.4) is 0 Å². The molecule has 0 radical (unpaired) electrons. The number of sulfonamides is 1. The maximum absolute atomic E-state index is 12.6. The lowest BCUT2D eigenvalue weighted by Crippen LogP contribution is -2.38. The average molecular weight is 316 g/mol. The fraction of sp³-hybridized carbons (Fsp3) is 0.714. The van der Waals surface area contributed by atoms with Crippen molar-refractivity contribution in [3.8, 4) is 0 Å². The fourth-order valence-electron chi connectivity index (χ4n) is 2.39. The van der Waals surface area contributed by atoms with Gasteiger partial charge in [-0.15, -0.1) is 11.3 Å². The summed E-state index contributed by atoms with van der Waals surface area (Å²) in [6.07, 6.45) is 2.09. The molecular formula is C14H24N2O2S2. The Morgan fingerprint density at radius 3 is 2.90 bits per heavy atom. The summed E-state index contributed by atoms with van der Waals surface area (Å²) in [7, 11) is -3.29. The van der Waals surface area contributed by atoms with Crippen LogP contribution >= 0.6 is 11.3 Å². The first-order valence-electron chi connectivity index (χ1n) is 7.20. The van der Waals surface area contributed by atoms with Crippen molar-refractivity contribution in [1.82, 2.24) is 9.62 Å². The molecule has 0 aliphatic carbocycles. The van der Waals surface area contributed by atoms with E-state index in [4.69, 9.17) is 0 Å². The van der Waals surface area contributed by atoms with Gasteiger partial charge in [0.05, 0.1) is 0 Å². The van der Waals surface area contributed by atoms with E-state index in [2.05, 4.69) is 26.1 Å². The van der Waals surface area contributed by atoms with Gasteiger partial charge in [-0.25, -0.2) is 8.42 Å². The lowest BCUT2D eigenvalue weighted by atomic mass is 10.0. The summed E-state index contributed by atoms with van der Waals surface area (Å²) < 4.78 is 27.3. The van der Waals surface area contributed by atoms with E-state index < -0.39 is 10.0 Å². The molecule has 1 atom stereocenters. The second-order valence-electron chi connectivity index (χ2n) is 5.92. The van der Waals surface area contributed by atoms with Gasteiger partial charge in [-0.05, 0) is 35.8 Å². The van der Waals surface area contributed by atoms with Gasteiger partial charge in [0.15, 0.2) is 0 Å². The quantitative estimate of drug-likeness (QED) is 0.908. The molecule has 0 amide bonds. The number of hydrogen-bond acceptors (Lipinski definition) is 4. The van der Waals surface area contributed by atoms with Gasteiger partial charge >= 0.3 is 0 Å². The molecule has 1 unspecified atom stereocenters. The minimum atomic E-state index is -3.29. The van der Waals surface area contributed by atoms with Crippen LogP contribution in [0.2, 0.25) is 0 Å². The summed E-state index contributed by atoms with van der Waals surface area (Å²) in [4.78, 5) is 0. The molecule has 1 aromatic heterocycles. The molecular weight excluding hydrogens is 292 g/mol. The van der Waals surface area contributed by atoms with Crippen molar-refractivity contribution in [1.29, 1.82) is 0 Å². The SMILES string of the molecule is CC1CCCN(S(=O)(=O)c2cc(CNC(C)C)cs2)C1. The smallest absolute Gasteiger partial charge is 0.252 e. The van der Waals surface area contributed by atoms with E-state index in [1.165, 1.54) is 11.3 Å². The molecule has 1 fully saturated rings. The number of thiophene rings is 1. The van der Waals surface area contributed by atoms with Crippen molar-refractivity contribution in [2.24, 2.45) is 5.92 Å². The van der Waals surface area contributed by atoms with Crippen LogP contribution in [0.4, 0.5) is 0 Å². The number of hydrogen-bond donors (Lipinski definition) is 1. The molecule has 0 bridgehead atoms. The minimum absolute atomic E-state index is 0.401. The highest BCUT2D eigenvalue weighted by molar-refractivity contribution is 7.91. The Morgan fingerprint density at radius 1 is 1.50 bits per heavy atom. The third-order valence-corrected chi connectivity index (χ3v) is 6.89. The first kappa shape index (κ1) is 15.9. The normalized spacial score (nSPS) is 21.5. The van der Waals surface area contributed by atoms with Crippen LogP contribution in [-0.4, -0.2) is 31.9 Å². The largest absolute Gasteiger partial charge is 0.310 e. The highest BCUT2D eigenvalue weighted by atomic mass is 32.2. The molecule has 1 N–H and O–H groups in total. The van der Waals surface area contributed by atoms with Crippen molar-refractivity contribution in [3.05, 3.63) is 17.0 Å². The third-order valence-electron chi connectivity index (χ3n) is 3.56. The fourth-order valence-corrected chi connectivity index (χ4v) is 5.36. The highest BCUT2D eigenvalue weighted by Gasteiger charge is 2.29. The van der Waals surface area contributed by atoms with E-state index in [-0.39, 0.29) is 0 Å². The monoisotopic (exact) mass is 316 g/mol. The molecule has 1 saturated heterocycles. The van der Waals surface area contributed by atoms with Crippen LogP contribution in [0.15, 0.2) is 15.7 Å². The van der Waals surface area contributed by atoms with Gasteiger partial charge in [0, 0.05) is 25.7 Å². The average Bonchev–Trinajstić information content (AvgIpc) is 2.86. The molecule has 1 aliphatic rings. The van der Waals surface area contributed by atoms with Crippen molar-refractivity contribution in [3.63, 3.8) is 0 Å². The van der Waals surface area contributed by atoms with E-state index in [9.17, 15) is 8.42 Å². The van der Waals surface area contributed by atoms with Crippen LogP contribution in [0, 0.1) is 5.92 Å². The summed E-state index contributed by atoms with van der Waals surface area (Å²) in [5, 5.41) is 5.25. The summed E-state index contributed by atoms with van der Waals surface area (Å²) in [6, 6.07) is 2.21. The topological polar surface area (TPSA) is 49.4 Å². The van der Waals surface area contributed by atoms with Gasteiger partial charge in [-0.2, -0.15) is 4.31 Å². The van der Waals surface area contributed by atoms with E-state index in [1.54, 1.807) is 4.31 Å². The number of piperidine rings is 1. The van der Waals surface area contributed by atoms with Crippen LogP contribution in [-0.2, 0) is 16.6 Å². The molecule has 20 heavy (non-hydrogen) atoms. The number of nitrogens with one attached hydrogen (secondary N) is 1. The summed E-state index contributed by atoms with van der Waals surface area (Å²) in [5.41, 5.74) is 1.05. The molecule has 0 aromatic carbocycles. The van der Waals surface area contributed by atoms with Crippen molar-refractivity contribution in [2.45, 2.75) is 50.4 Å². The summed E-state index contributed by atoms with van der Waals surface area (Å²) >= 11 is 1.33. The van der Waals surface area contributed by atoms with Gasteiger partial charge < -0.3 is 5.32 Å². The van der Waals surface area contributed by atoms with Crippen molar-refractivity contribution in [2.75, 3.05) is 13.1 Å². The molecule has 2 heterocycles. The van der Waals surface area contributed by atoms with Crippen LogP contribution in [0.25, 0.3) is 0 Å². The zero-order valence-electron chi connectivity index (χ0n) is 12.4. The minimum Gasteiger partial charge on any atom is -0.310 e. The van der Waals surface area contributed by atoms with Gasteiger partial charge in [-0.3, -0.25) is 0 Å². The molecule has 2 rings (SSSR count). The number of nitrogens with zero attached hydrogens (tertiary/aromatic N) is 1. The van der Waals surface area contributed by atoms with Crippen LogP contribution in [0.1, 0.15) is 39.2 Å². The molecule has 114 valence electrons. The zero-order valence-corrected chi connectivity index (χ0v) is 14.1. The lowest BCUT2D eigenvalue weighted by Gasteiger charge is -2.29. The second-order valence-corrected chi connectivity index (χ2v) is 9.00. The Bertz CT molecular complexity index is 537. The summed E-state index contributed by atoms with van der Waals surface area (Å²) in [5.74, 6) is 0.459. The molecule has 0 spiro atoms. The van der Waals surface area contributed by atoms with Crippen LogP contribution < -0.4 is 5.32 Å². The van der Waals surface area contributed by atoms with Gasteiger partial charge in [0.1, 0.15) is 4.21 Å². The van der Waals surface area contributed by atoms with E-state index in [0.717, 1.165) is 24.9 Å². The van der Waals surface area contributed by atoms with Gasteiger partial charge in [-0.1, -0.05) is 20.8 Å². The van der Waals surface area contributed by atoms with Crippen LogP contribution in [0.5, 0.6) is 0 Å². The predicted molar refractivity (Wildman–Crippen MR) is 83.5 cm³/mol. The Morgan fingerprint density at radius 2 is 2.25 bits per heavy atom.